The fourth-order valence-corrected chi connectivity index (χ4v) is 4.65. The molecule has 0 aliphatic heterocycles. The summed E-state index contributed by atoms with van der Waals surface area (Å²) in [5, 5.41) is 1.09. The van der Waals surface area contributed by atoms with Crippen molar-refractivity contribution >= 4 is 26.5 Å². The summed E-state index contributed by atoms with van der Waals surface area (Å²) in [5.74, 6) is 1.72. The first-order valence-corrected chi connectivity index (χ1v) is 11.9. The van der Waals surface area contributed by atoms with Crippen molar-refractivity contribution in [3.05, 3.63) is 90.6 Å². The Hall–Kier alpha value is -2.80. The average molecular weight is 425 g/mol. The molecule has 0 N–H and O–H groups in total. The average Bonchev–Trinajstić information content (AvgIpc) is 2.83. The van der Waals surface area contributed by atoms with E-state index in [0.29, 0.717) is 0 Å². The van der Waals surface area contributed by atoms with E-state index in [1.54, 1.807) is 0 Å². The van der Waals surface area contributed by atoms with E-state index in [1.165, 1.54) is 11.1 Å². The highest BCUT2D eigenvalue weighted by atomic mass is 27.1. The van der Waals surface area contributed by atoms with Crippen molar-refractivity contribution in [1.82, 2.24) is 4.98 Å². The van der Waals surface area contributed by atoms with Gasteiger partial charge in [0.15, 0.2) is 0 Å². The predicted molar refractivity (Wildman–Crippen MR) is 129 cm³/mol. The fraction of sp³-hybridized carbons (Fsp3) is 0.222. The van der Waals surface area contributed by atoms with Gasteiger partial charge >= 0.3 is 15.6 Å². The second-order valence-electron chi connectivity index (χ2n) is 7.78. The molecule has 0 aliphatic rings. The highest BCUT2D eigenvalue weighted by molar-refractivity contribution is 6.33. The minimum absolute atomic E-state index is 0.336. The molecule has 3 nitrogen and oxygen atoms in total. The molecule has 155 valence electrons. The molecule has 1 heterocycles. The molecule has 31 heavy (non-hydrogen) atoms. The van der Waals surface area contributed by atoms with Crippen molar-refractivity contribution < 1.29 is 8.53 Å². The lowest BCUT2D eigenvalue weighted by Gasteiger charge is -2.31. The number of nitrogens with zero attached hydrogens (tertiary/aromatic N) is 1. The molecule has 0 amide bonds. The van der Waals surface area contributed by atoms with E-state index in [1.807, 2.05) is 43.3 Å². The van der Waals surface area contributed by atoms with E-state index in [2.05, 4.69) is 62.4 Å². The summed E-state index contributed by atoms with van der Waals surface area (Å²) in [4.78, 5) is 4.73. The van der Waals surface area contributed by atoms with E-state index < -0.39 is 15.6 Å². The van der Waals surface area contributed by atoms with Crippen LogP contribution in [0, 0.1) is 6.92 Å². The van der Waals surface area contributed by atoms with Crippen molar-refractivity contribution in [2.24, 2.45) is 0 Å². The van der Waals surface area contributed by atoms with Gasteiger partial charge in [-0.05, 0) is 55.2 Å². The number of rotatable bonds is 8. The standard InChI is InChI=1S/C15H18NO.C12H10O.Al/c1-4-13(5-2)17-14-8-6-7-12-10-9-11(3)16-15(12)14;13-12-8-6-11(7-9-12)10-4-2-1-3-5-10;/h6-10H,4-5H2,1-3H3;1-9,13H;/q;;+1/p-1. The third kappa shape index (κ3) is 4.93. The lowest BCUT2D eigenvalue weighted by Crippen LogP contribution is -2.44. The first kappa shape index (κ1) is 21.4. The highest BCUT2D eigenvalue weighted by Gasteiger charge is 2.35. The summed E-state index contributed by atoms with van der Waals surface area (Å²) in [7, 11) is 0. The zero-order chi connectivity index (χ0) is 21.7. The first-order valence-electron chi connectivity index (χ1n) is 10.8. The van der Waals surface area contributed by atoms with Gasteiger partial charge in [0.25, 0.3) is 0 Å². The Morgan fingerprint density at radius 1 is 0.774 bits per heavy atom. The van der Waals surface area contributed by atoms with E-state index in [4.69, 9.17) is 13.5 Å². The van der Waals surface area contributed by atoms with Crippen LogP contribution < -0.4 is 8.53 Å². The molecule has 0 unspecified atom stereocenters. The van der Waals surface area contributed by atoms with Gasteiger partial charge in [-0.1, -0.05) is 74.5 Å². The van der Waals surface area contributed by atoms with Crippen LogP contribution in [0.3, 0.4) is 0 Å². The van der Waals surface area contributed by atoms with Crippen molar-refractivity contribution in [3.8, 4) is 22.6 Å². The van der Waals surface area contributed by atoms with Crippen LogP contribution in [0.1, 0.15) is 32.4 Å². The third-order valence-corrected chi connectivity index (χ3v) is 7.46. The zero-order valence-electron chi connectivity index (χ0n) is 18.3. The predicted octanol–water partition coefficient (Wildman–Crippen LogP) is 6.80. The lowest BCUT2D eigenvalue weighted by atomic mass is 10.1. The number of para-hydroxylation sites is 1. The molecule has 4 rings (SSSR count). The molecular weight excluding hydrogens is 397 g/mol. The van der Waals surface area contributed by atoms with Crippen LogP contribution in [-0.2, 0) is 0 Å². The minimum Gasteiger partial charge on any atom is -0.646 e. The van der Waals surface area contributed by atoms with Gasteiger partial charge < -0.3 is 8.53 Å². The Bertz CT molecular complexity index is 1140. The largest absolute Gasteiger partial charge is 0.646 e. The van der Waals surface area contributed by atoms with Gasteiger partial charge in [0.1, 0.15) is 11.3 Å². The number of fused-ring (bicyclic) bond motifs is 1. The Labute approximate surface area is 191 Å². The molecule has 0 bridgehead atoms. The third-order valence-electron chi connectivity index (χ3n) is 5.70. The first-order chi connectivity index (χ1) is 15.1. The molecule has 0 aliphatic carbocycles. The van der Waals surface area contributed by atoms with Crippen LogP contribution >= 0.6 is 0 Å². The van der Waals surface area contributed by atoms with Crippen molar-refractivity contribution in [2.45, 2.75) is 38.1 Å². The molecule has 0 saturated carbocycles. The van der Waals surface area contributed by atoms with E-state index in [-0.39, 0.29) is 4.46 Å². The maximum absolute atomic E-state index is 6.63. The zero-order valence-corrected chi connectivity index (χ0v) is 19.5. The van der Waals surface area contributed by atoms with E-state index in [9.17, 15) is 0 Å². The van der Waals surface area contributed by atoms with Crippen molar-refractivity contribution in [1.29, 1.82) is 0 Å². The van der Waals surface area contributed by atoms with Crippen LogP contribution in [0.2, 0.25) is 0 Å². The van der Waals surface area contributed by atoms with Gasteiger partial charge in [-0.2, -0.15) is 0 Å². The normalized spacial score (nSPS) is 11.3. The number of aromatic nitrogens is 1. The van der Waals surface area contributed by atoms with Crippen LogP contribution in [0.4, 0.5) is 0 Å². The molecular formula is C27H27AlNO2. The van der Waals surface area contributed by atoms with Gasteiger partial charge in [-0.15, -0.1) is 0 Å². The smallest absolute Gasteiger partial charge is 0.577 e. The summed E-state index contributed by atoms with van der Waals surface area (Å²) in [6.07, 6.45) is 1.76. The molecule has 1 aromatic heterocycles. The highest BCUT2D eigenvalue weighted by Crippen LogP contribution is 2.31. The van der Waals surface area contributed by atoms with Crippen LogP contribution in [0.15, 0.2) is 84.9 Å². The Kier molecular flexibility index (Phi) is 6.61. The quantitative estimate of drug-likeness (QED) is 0.291. The molecule has 0 fully saturated rings. The van der Waals surface area contributed by atoms with Crippen LogP contribution in [-0.4, -0.2) is 25.0 Å². The number of hydrogen-bond donors (Lipinski definition) is 0. The lowest BCUT2D eigenvalue weighted by molar-refractivity contribution is 0.134. The molecule has 0 spiro atoms. The second-order valence-corrected chi connectivity index (χ2v) is 9.30. The van der Waals surface area contributed by atoms with E-state index in [0.717, 1.165) is 40.9 Å². The fourth-order valence-electron chi connectivity index (χ4n) is 3.64. The van der Waals surface area contributed by atoms with Crippen LogP contribution in [0.25, 0.3) is 22.0 Å². The number of benzene rings is 3. The maximum Gasteiger partial charge on any atom is 0.577 e. The number of pyridine rings is 1. The Morgan fingerprint density at radius 2 is 1.48 bits per heavy atom. The van der Waals surface area contributed by atoms with Gasteiger partial charge in [-0.3, -0.25) is 0 Å². The number of hydrogen-bond acceptors (Lipinski definition) is 3. The summed E-state index contributed by atoms with van der Waals surface area (Å²) in [5.41, 5.74) is 4.30. The molecule has 4 heteroatoms. The summed E-state index contributed by atoms with van der Waals surface area (Å²) in [6.45, 7) is 6.35. The van der Waals surface area contributed by atoms with Crippen molar-refractivity contribution in [3.63, 3.8) is 0 Å². The molecule has 0 saturated heterocycles. The summed E-state index contributed by atoms with van der Waals surface area (Å²) in [6, 6.07) is 29.0. The van der Waals surface area contributed by atoms with Crippen molar-refractivity contribution in [2.75, 3.05) is 0 Å². The topological polar surface area (TPSA) is 31.4 Å². The van der Waals surface area contributed by atoms with Gasteiger partial charge in [0.2, 0.25) is 0 Å². The Balaban J connectivity index is 1.52. The molecule has 1 radical (unpaired) electrons. The molecule has 3 aromatic carbocycles. The van der Waals surface area contributed by atoms with Gasteiger partial charge in [0, 0.05) is 11.1 Å². The molecule has 4 aromatic rings. The monoisotopic (exact) mass is 424 g/mol. The van der Waals surface area contributed by atoms with Crippen LogP contribution in [0.5, 0.6) is 11.5 Å². The minimum atomic E-state index is -0.423. The SMILES string of the molecule is CC[C](CC)(Oc1cccc2ccc(C)nc12)[Al][O]c1ccc(-c2ccccc2)cc1. The van der Waals surface area contributed by atoms with Gasteiger partial charge in [-0.25, -0.2) is 4.98 Å². The molecule has 0 atom stereocenters. The van der Waals surface area contributed by atoms with E-state index >= 15 is 0 Å². The van der Waals surface area contributed by atoms with Gasteiger partial charge in [0.05, 0.1) is 10.2 Å². The number of ether oxygens (including phenoxy) is 1. The maximum atomic E-state index is 6.63. The summed E-state index contributed by atoms with van der Waals surface area (Å²) < 4.78 is 12.6. The Morgan fingerprint density at radius 3 is 2.19 bits per heavy atom. The summed E-state index contributed by atoms with van der Waals surface area (Å²) >= 11 is -0.423. The second kappa shape index (κ2) is 9.56. The number of aryl methyl sites for hydroxylation is 1.